The van der Waals surface area contributed by atoms with E-state index in [1.165, 1.54) is 11.1 Å². The molecule has 2 N–H and O–H groups in total. The number of nitrogens with zero attached hydrogens (tertiary/aromatic N) is 1. The zero-order chi connectivity index (χ0) is 18.9. The van der Waals surface area contributed by atoms with E-state index in [1.807, 2.05) is 12.1 Å². The van der Waals surface area contributed by atoms with Crippen molar-refractivity contribution >= 4 is 5.97 Å². The highest BCUT2D eigenvalue weighted by atomic mass is 16.4. The number of benzene rings is 2. The van der Waals surface area contributed by atoms with Crippen molar-refractivity contribution in [2.24, 2.45) is 0 Å². The van der Waals surface area contributed by atoms with Crippen molar-refractivity contribution in [2.45, 2.75) is 39.8 Å². The first kappa shape index (κ1) is 20.1. The van der Waals surface area contributed by atoms with Crippen LogP contribution in [0.25, 0.3) is 0 Å². The van der Waals surface area contributed by atoms with Crippen LogP contribution in [0.2, 0.25) is 0 Å². The van der Waals surface area contributed by atoms with Crippen LogP contribution in [0.4, 0.5) is 0 Å². The van der Waals surface area contributed by atoms with Crippen molar-refractivity contribution in [3.05, 3.63) is 70.8 Å². The fourth-order valence-corrected chi connectivity index (χ4v) is 3.22. The monoisotopic (exact) mass is 354 g/mol. The maximum absolute atomic E-state index is 10.9. The quantitative estimate of drug-likeness (QED) is 0.674. The van der Waals surface area contributed by atoms with Gasteiger partial charge in [0.2, 0.25) is 0 Å². The first-order chi connectivity index (χ1) is 12.6. The smallest absolute Gasteiger partial charge is 0.335 e. The third kappa shape index (κ3) is 5.41. The Morgan fingerprint density at radius 1 is 0.962 bits per heavy atom. The van der Waals surface area contributed by atoms with Gasteiger partial charge in [-0.25, -0.2) is 4.79 Å². The summed E-state index contributed by atoms with van der Waals surface area (Å²) in [6.45, 7) is 10.2. The van der Waals surface area contributed by atoms with Crippen LogP contribution in [0.3, 0.4) is 0 Å². The van der Waals surface area contributed by atoms with Gasteiger partial charge in [0.15, 0.2) is 0 Å². The minimum atomic E-state index is -0.887. The Morgan fingerprint density at radius 2 is 1.54 bits per heavy atom. The lowest BCUT2D eigenvalue weighted by molar-refractivity contribution is 0.0697. The van der Waals surface area contributed by atoms with E-state index in [1.54, 1.807) is 12.1 Å². The van der Waals surface area contributed by atoms with Gasteiger partial charge < -0.3 is 10.4 Å². The van der Waals surface area contributed by atoms with Crippen molar-refractivity contribution in [3.63, 3.8) is 0 Å². The first-order valence-corrected chi connectivity index (χ1v) is 9.44. The number of carboxylic acids is 1. The molecule has 0 bridgehead atoms. The van der Waals surface area contributed by atoms with Crippen LogP contribution in [0.15, 0.2) is 48.5 Å². The fraction of sp³-hybridized carbons (Fsp3) is 0.409. The normalized spacial score (nSPS) is 12.3. The molecule has 0 aliphatic heterocycles. The van der Waals surface area contributed by atoms with Gasteiger partial charge in [0.05, 0.1) is 5.56 Å². The summed E-state index contributed by atoms with van der Waals surface area (Å²) >= 11 is 0. The predicted molar refractivity (Wildman–Crippen MR) is 107 cm³/mol. The van der Waals surface area contributed by atoms with E-state index < -0.39 is 5.97 Å². The molecule has 2 rings (SSSR count). The standard InChI is InChI=1S/C22H30N2O2/c1-4-17-7-11-19(12-8-17)21(24(5-2)6-3)16-23-15-18-9-13-20(14-10-18)22(25)26/h7-14,21,23H,4-6,15-16H2,1-3H3,(H,25,26). The number of nitrogens with one attached hydrogen (secondary N) is 1. The van der Waals surface area contributed by atoms with Gasteiger partial charge in [-0.3, -0.25) is 4.90 Å². The van der Waals surface area contributed by atoms with Crippen LogP contribution in [0.1, 0.15) is 53.9 Å². The summed E-state index contributed by atoms with van der Waals surface area (Å²) in [6.07, 6.45) is 1.06. The molecule has 0 heterocycles. The molecule has 0 aromatic heterocycles. The Balaban J connectivity index is 2.03. The second-order valence-corrected chi connectivity index (χ2v) is 6.47. The van der Waals surface area contributed by atoms with Crippen molar-refractivity contribution in [2.75, 3.05) is 19.6 Å². The summed E-state index contributed by atoms with van der Waals surface area (Å²) in [5, 5.41) is 12.5. The molecule has 0 fully saturated rings. The average molecular weight is 354 g/mol. The molecule has 140 valence electrons. The van der Waals surface area contributed by atoms with Crippen LogP contribution < -0.4 is 5.32 Å². The Bertz CT molecular complexity index is 676. The second-order valence-electron chi connectivity index (χ2n) is 6.47. The lowest BCUT2D eigenvalue weighted by atomic mass is 10.0. The van der Waals surface area contributed by atoms with E-state index in [9.17, 15) is 4.79 Å². The molecular weight excluding hydrogens is 324 g/mol. The first-order valence-electron chi connectivity index (χ1n) is 9.44. The maximum Gasteiger partial charge on any atom is 0.335 e. The van der Waals surface area contributed by atoms with E-state index in [4.69, 9.17) is 5.11 Å². The Kier molecular flexibility index (Phi) is 7.82. The molecule has 4 heteroatoms. The number of carboxylic acid groups (broad SMARTS) is 1. The van der Waals surface area contributed by atoms with Gasteiger partial charge in [0, 0.05) is 19.1 Å². The van der Waals surface area contributed by atoms with E-state index >= 15 is 0 Å². The zero-order valence-corrected chi connectivity index (χ0v) is 16.0. The molecule has 0 saturated carbocycles. The molecule has 2 aromatic carbocycles. The fourth-order valence-electron chi connectivity index (χ4n) is 3.22. The molecule has 0 saturated heterocycles. The summed E-state index contributed by atoms with van der Waals surface area (Å²) in [5.74, 6) is -0.887. The third-order valence-corrected chi connectivity index (χ3v) is 4.89. The third-order valence-electron chi connectivity index (χ3n) is 4.89. The predicted octanol–water partition coefficient (Wildman–Crippen LogP) is 4.12. The van der Waals surface area contributed by atoms with Crippen LogP contribution in [-0.4, -0.2) is 35.6 Å². The molecule has 26 heavy (non-hydrogen) atoms. The summed E-state index contributed by atoms with van der Waals surface area (Å²) < 4.78 is 0. The minimum absolute atomic E-state index is 0.325. The maximum atomic E-state index is 10.9. The lowest BCUT2D eigenvalue weighted by Gasteiger charge is -2.30. The minimum Gasteiger partial charge on any atom is -0.478 e. The molecule has 2 aromatic rings. The number of rotatable bonds is 10. The van der Waals surface area contributed by atoms with Crippen molar-refractivity contribution in [1.29, 1.82) is 0 Å². The van der Waals surface area contributed by atoms with Crippen LogP contribution in [0.5, 0.6) is 0 Å². The highest BCUT2D eigenvalue weighted by Gasteiger charge is 2.17. The van der Waals surface area contributed by atoms with Gasteiger partial charge in [-0.1, -0.05) is 57.2 Å². The summed E-state index contributed by atoms with van der Waals surface area (Å²) in [4.78, 5) is 13.4. The van der Waals surface area contributed by atoms with E-state index in [2.05, 4.69) is 55.3 Å². The highest BCUT2D eigenvalue weighted by Crippen LogP contribution is 2.21. The Morgan fingerprint density at radius 3 is 2.04 bits per heavy atom. The topological polar surface area (TPSA) is 52.6 Å². The number of likely N-dealkylation sites (N-methyl/N-ethyl adjacent to an activating group) is 1. The number of aryl methyl sites for hydroxylation is 1. The van der Waals surface area contributed by atoms with Gasteiger partial charge in [-0.2, -0.15) is 0 Å². The van der Waals surface area contributed by atoms with E-state index in [0.29, 0.717) is 11.6 Å². The molecule has 1 atom stereocenters. The summed E-state index contributed by atoms with van der Waals surface area (Å²) in [6, 6.07) is 16.3. The van der Waals surface area contributed by atoms with E-state index in [0.717, 1.165) is 38.2 Å². The van der Waals surface area contributed by atoms with Crippen molar-refractivity contribution in [3.8, 4) is 0 Å². The molecule has 0 amide bonds. The SMILES string of the molecule is CCc1ccc(C(CNCc2ccc(C(=O)O)cc2)N(CC)CC)cc1. The summed E-state index contributed by atoms with van der Waals surface area (Å²) in [7, 11) is 0. The average Bonchev–Trinajstić information content (AvgIpc) is 2.68. The molecule has 4 nitrogen and oxygen atoms in total. The van der Waals surface area contributed by atoms with Crippen molar-refractivity contribution in [1.82, 2.24) is 10.2 Å². The number of hydrogen-bond acceptors (Lipinski definition) is 3. The zero-order valence-electron chi connectivity index (χ0n) is 16.0. The Hall–Kier alpha value is -2.17. The van der Waals surface area contributed by atoms with Crippen LogP contribution >= 0.6 is 0 Å². The number of aromatic carboxylic acids is 1. The molecule has 0 radical (unpaired) electrons. The Labute approximate surface area is 156 Å². The van der Waals surface area contributed by atoms with Crippen LogP contribution in [0, 0.1) is 0 Å². The molecule has 1 unspecified atom stereocenters. The van der Waals surface area contributed by atoms with Gasteiger partial charge in [0.1, 0.15) is 0 Å². The molecule has 0 aliphatic rings. The largest absolute Gasteiger partial charge is 0.478 e. The van der Waals surface area contributed by atoms with Crippen molar-refractivity contribution < 1.29 is 9.90 Å². The molecule has 0 aliphatic carbocycles. The van der Waals surface area contributed by atoms with Crippen LogP contribution in [-0.2, 0) is 13.0 Å². The summed E-state index contributed by atoms with van der Waals surface area (Å²) in [5.41, 5.74) is 4.11. The van der Waals surface area contributed by atoms with Gasteiger partial charge in [-0.15, -0.1) is 0 Å². The number of hydrogen-bond donors (Lipinski definition) is 2. The number of carbonyl (C=O) groups is 1. The second kappa shape index (κ2) is 10.1. The lowest BCUT2D eigenvalue weighted by Crippen LogP contribution is -2.35. The van der Waals surface area contributed by atoms with Gasteiger partial charge in [0.25, 0.3) is 0 Å². The van der Waals surface area contributed by atoms with E-state index in [-0.39, 0.29) is 0 Å². The molecular formula is C22H30N2O2. The van der Waals surface area contributed by atoms with Gasteiger partial charge in [-0.05, 0) is 48.3 Å². The molecule has 0 spiro atoms. The highest BCUT2D eigenvalue weighted by molar-refractivity contribution is 5.87. The van der Waals surface area contributed by atoms with Gasteiger partial charge >= 0.3 is 5.97 Å².